The summed E-state index contributed by atoms with van der Waals surface area (Å²) in [5, 5.41) is 14.5. The van der Waals surface area contributed by atoms with Gasteiger partial charge < -0.3 is 16.3 Å². The van der Waals surface area contributed by atoms with Crippen molar-refractivity contribution in [3.63, 3.8) is 0 Å². The molecule has 0 radical (unpaired) electrons. The summed E-state index contributed by atoms with van der Waals surface area (Å²) in [5.74, 6) is -0.216. The second-order valence-corrected chi connectivity index (χ2v) is 4.90. The van der Waals surface area contributed by atoms with Crippen molar-refractivity contribution in [3.05, 3.63) is 29.3 Å². The number of amidine groups is 1. The summed E-state index contributed by atoms with van der Waals surface area (Å²) in [6.45, 7) is 3.94. The second-order valence-electron chi connectivity index (χ2n) is 4.90. The van der Waals surface area contributed by atoms with Gasteiger partial charge in [-0.1, -0.05) is 11.2 Å². The fourth-order valence-electron chi connectivity index (χ4n) is 2.12. The van der Waals surface area contributed by atoms with Crippen molar-refractivity contribution >= 4 is 17.4 Å². The van der Waals surface area contributed by atoms with Crippen molar-refractivity contribution < 1.29 is 10.0 Å². The standard InChI is InChI=1S/C13H17N3O2/c1-8-5-9(2)7-10(6-8)15-12(17)13(3-4-13)11(14)16-18/h5-7,18H,3-4H2,1-2H3,(H2,14,16)(H,15,17). The van der Waals surface area contributed by atoms with E-state index in [0.29, 0.717) is 12.8 Å². The molecule has 1 aliphatic rings. The average molecular weight is 247 g/mol. The molecule has 1 aromatic rings. The minimum atomic E-state index is -0.813. The zero-order chi connectivity index (χ0) is 13.3. The van der Waals surface area contributed by atoms with E-state index in [1.54, 1.807) is 0 Å². The topological polar surface area (TPSA) is 87.7 Å². The van der Waals surface area contributed by atoms with Crippen LogP contribution in [0.3, 0.4) is 0 Å². The highest BCUT2D eigenvalue weighted by Gasteiger charge is 2.54. The Kier molecular flexibility index (Phi) is 2.98. The molecule has 1 amide bonds. The SMILES string of the molecule is Cc1cc(C)cc(NC(=O)C2(/C(N)=N/O)CC2)c1. The van der Waals surface area contributed by atoms with Gasteiger partial charge in [-0.05, 0) is 49.9 Å². The lowest BCUT2D eigenvalue weighted by molar-refractivity contribution is -0.119. The number of aryl methyl sites for hydroxylation is 2. The van der Waals surface area contributed by atoms with Crippen LogP contribution in [0.25, 0.3) is 0 Å². The molecule has 0 atom stereocenters. The van der Waals surface area contributed by atoms with E-state index in [4.69, 9.17) is 10.9 Å². The Morgan fingerprint density at radius 1 is 1.33 bits per heavy atom. The average Bonchev–Trinajstić information content (AvgIpc) is 3.07. The van der Waals surface area contributed by atoms with Gasteiger partial charge in [-0.2, -0.15) is 0 Å². The molecule has 5 nitrogen and oxygen atoms in total. The molecule has 5 heteroatoms. The molecule has 1 saturated carbocycles. The van der Waals surface area contributed by atoms with Gasteiger partial charge in [-0.3, -0.25) is 4.79 Å². The van der Waals surface area contributed by atoms with Crippen LogP contribution >= 0.6 is 0 Å². The lowest BCUT2D eigenvalue weighted by Gasteiger charge is -2.14. The lowest BCUT2D eigenvalue weighted by atomic mass is 10.0. The van der Waals surface area contributed by atoms with Crippen molar-refractivity contribution in [3.8, 4) is 0 Å². The maximum absolute atomic E-state index is 12.1. The molecular formula is C13H17N3O2. The largest absolute Gasteiger partial charge is 0.409 e. The molecule has 1 aliphatic carbocycles. The predicted octanol–water partition coefficient (Wildman–Crippen LogP) is 1.77. The van der Waals surface area contributed by atoms with Gasteiger partial charge in [0.1, 0.15) is 5.41 Å². The highest BCUT2D eigenvalue weighted by Crippen LogP contribution is 2.46. The summed E-state index contributed by atoms with van der Waals surface area (Å²) in [5.41, 5.74) is 7.66. The summed E-state index contributed by atoms with van der Waals surface area (Å²) in [6.07, 6.45) is 1.25. The summed E-state index contributed by atoms with van der Waals surface area (Å²) in [7, 11) is 0. The van der Waals surface area contributed by atoms with Crippen LogP contribution in [0.2, 0.25) is 0 Å². The number of hydrogen-bond donors (Lipinski definition) is 3. The van der Waals surface area contributed by atoms with Crippen LogP contribution in [-0.4, -0.2) is 17.0 Å². The zero-order valence-corrected chi connectivity index (χ0v) is 10.5. The molecular weight excluding hydrogens is 230 g/mol. The first-order valence-corrected chi connectivity index (χ1v) is 5.86. The number of carbonyl (C=O) groups excluding carboxylic acids is 1. The van der Waals surface area contributed by atoms with Crippen molar-refractivity contribution in [1.82, 2.24) is 0 Å². The van der Waals surface area contributed by atoms with E-state index in [9.17, 15) is 4.79 Å². The van der Waals surface area contributed by atoms with Gasteiger partial charge in [0.25, 0.3) is 0 Å². The molecule has 1 aromatic carbocycles. The van der Waals surface area contributed by atoms with E-state index in [2.05, 4.69) is 10.5 Å². The lowest BCUT2D eigenvalue weighted by Crippen LogP contribution is -2.36. The number of oxime groups is 1. The minimum absolute atomic E-state index is 0.00984. The van der Waals surface area contributed by atoms with Crippen molar-refractivity contribution in [1.29, 1.82) is 0 Å². The number of nitrogens with zero attached hydrogens (tertiary/aromatic N) is 1. The Hall–Kier alpha value is -2.04. The van der Waals surface area contributed by atoms with Gasteiger partial charge >= 0.3 is 0 Å². The first kappa shape index (κ1) is 12.4. The van der Waals surface area contributed by atoms with Gasteiger partial charge in [-0.15, -0.1) is 0 Å². The van der Waals surface area contributed by atoms with Crippen LogP contribution in [0.1, 0.15) is 24.0 Å². The molecule has 96 valence electrons. The van der Waals surface area contributed by atoms with Gasteiger partial charge in [0.05, 0.1) is 0 Å². The molecule has 0 spiro atoms. The highest BCUT2D eigenvalue weighted by molar-refractivity contribution is 6.14. The van der Waals surface area contributed by atoms with Gasteiger partial charge in [0, 0.05) is 5.69 Å². The van der Waals surface area contributed by atoms with Crippen LogP contribution in [0.4, 0.5) is 5.69 Å². The van der Waals surface area contributed by atoms with E-state index in [1.807, 2.05) is 32.0 Å². The van der Waals surface area contributed by atoms with E-state index < -0.39 is 5.41 Å². The zero-order valence-electron chi connectivity index (χ0n) is 10.5. The monoisotopic (exact) mass is 247 g/mol. The summed E-state index contributed by atoms with van der Waals surface area (Å²) in [4.78, 5) is 12.1. The van der Waals surface area contributed by atoms with Crippen LogP contribution in [0.5, 0.6) is 0 Å². The Morgan fingerprint density at radius 3 is 2.33 bits per heavy atom. The molecule has 1 fully saturated rings. The molecule has 0 bridgehead atoms. The minimum Gasteiger partial charge on any atom is -0.409 e. The quantitative estimate of drug-likeness (QED) is 0.329. The van der Waals surface area contributed by atoms with E-state index in [0.717, 1.165) is 16.8 Å². The fraction of sp³-hybridized carbons (Fsp3) is 0.385. The number of benzene rings is 1. The molecule has 0 unspecified atom stereocenters. The van der Waals surface area contributed by atoms with Crippen LogP contribution in [0, 0.1) is 19.3 Å². The third kappa shape index (κ3) is 2.16. The Bertz CT molecular complexity index is 499. The smallest absolute Gasteiger partial charge is 0.238 e. The van der Waals surface area contributed by atoms with Gasteiger partial charge in [0.2, 0.25) is 5.91 Å². The highest BCUT2D eigenvalue weighted by atomic mass is 16.4. The predicted molar refractivity (Wildman–Crippen MR) is 69.6 cm³/mol. The van der Waals surface area contributed by atoms with Crippen LogP contribution in [-0.2, 0) is 4.79 Å². The summed E-state index contributed by atoms with van der Waals surface area (Å²) < 4.78 is 0. The molecule has 2 rings (SSSR count). The third-order valence-corrected chi connectivity index (χ3v) is 3.26. The molecule has 0 aromatic heterocycles. The van der Waals surface area contributed by atoms with Crippen LogP contribution < -0.4 is 11.1 Å². The molecule has 4 N–H and O–H groups in total. The maximum Gasteiger partial charge on any atom is 0.238 e. The Morgan fingerprint density at radius 2 is 1.89 bits per heavy atom. The number of nitrogens with one attached hydrogen (secondary N) is 1. The van der Waals surface area contributed by atoms with Crippen molar-refractivity contribution in [2.24, 2.45) is 16.3 Å². The number of carbonyl (C=O) groups is 1. The molecule has 0 aliphatic heterocycles. The van der Waals surface area contributed by atoms with Crippen molar-refractivity contribution in [2.75, 3.05) is 5.32 Å². The first-order valence-electron chi connectivity index (χ1n) is 5.86. The third-order valence-electron chi connectivity index (χ3n) is 3.26. The Labute approximate surface area is 106 Å². The van der Waals surface area contributed by atoms with Gasteiger partial charge in [0.15, 0.2) is 5.84 Å². The maximum atomic E-state index is 12.1. The van der Waals surface area contributed by atoms with E-state index in [1.165, 1.54) is 0 Å². The summed E-state index contributed by atoms with van der Waals surface area (Å²) in [6, 6.07) is 5.83. The second kappa shape index (κ2) is 4.33. The number of amides is 1. The Balaban J connectivity index is 2.17. The molecule has 0 heterocycles. The normalized spacial score (nSPS) is 17.3. The first-order chi connectivity index (χ1) is 8.48. The number of nitrogens with two attached hydrogens (primary N) is 1. The van der Waals surface area contributed by atoms with Gasteiger partial charge in [-0.25, -0.2) is 0 Å². The molecule has 18 heavy (non-hydrogen) atoms. The number of hydrogen-bond acceptors (Lipinski definition) is 3. The van der Waals surface area contributed by atoms with Crippen LogP contribution in [0.15, 0.2) is 23.4 Å². The summed E-state index contributed by atoms with van der Waals surface area (Å²) >= 11 is 0. The number of anilines is 1. The molecule has 0 saturated heterocycles. The van der Waals surface area contributed by atoms with E-state index >= 15 is 0 Å². The van der Waals surface area contributed by atoms with E-state index in [-0.39, 0.29) is 11.7 Å². The number of rotatable bonds is 3. The van der Waals surface area contributed by atoms with Crippen molar-refractivity contribution in [2.45, 2.75) is 26.7 Å². The fourth-order valence-corrected chi connectivity index (χ4v) is 2.12.